The van der Waals surface area contributed by atoms with Crippen molar-refractivity contribution >= 4 is 0 Å². The molecule has 0 saturated carbocycles. The molecule has 0 bridgehead atoms. The van der Waals surface area contributed by atoms with Crippen molar-refractivity contribution in [3.63, 3.8) is 0 Å². The maximum atomic E-state index is 3.71. The number of benzene rings is 2. The minimum Gasteiger partial charge on any atom is -0.0654 e. The topological polar surface area (TPSA) is 0 Å². The normalized spacial score (nSPS) is 14.0. The van der Waals surface area contributed by atoms with Crippen molar-refractivity contribution in [2.75, 3.05) is 0 Å². The second kappa shape index (κ2) is 11.6. The summed E-state index contributed by atoms with van der Waals surface area (Å²) in [5.41, 5.74) is 6.18. The molecule has 0 unspecified atom stereocenters. The van der Waals surface area contributed by atoms with Crippen molar-refractivity contribution in [1.29, 1.82) is 0 Å². The Morgan fingerprint density at radius 3 is 1.83 bits per heavy atom. The van der Waals surface area contributed by atoms with Crippen LogP contribution in [0, 0.1) is 6.07 Å². The van der Waals surface area contributed by atoms with Gasteiger partial charge in [-0.15, -0.1) is 0 Å². The molecule has 1 aliphatic rings. The molecule has 0 heteroatoms. The van der Waals surface area contributed by atoms with Crippen LogP contribution in [-0.4, -0.2) is 0 Å². The number of fused-ring (bicyclic) bond motifs is 3. The van der Waals surface area contributed by atoms with E-state index >= 15 is 0 Å². The third kappa shape index (κ3) is 5.33. The van der Waals surface area contributed by atoms with E-state index in [9.17, 15) is 0 Å². The molecule has 0 atom stereocenters. The molecule has 1 aliphatic carbocycles. The van der Waals surface area contributed by atoms with E-state index < -0.39 is 0 Å². The van der Waals surface area contributed by atoms with Crippen LogP contribution in [0.4, 0.5) is 0 Å². The Balaban J connectivity index is 1.75. The maximum absolute atomic E-state index is 3.71. The van der Waals surface area contributed by atoms with Gasteiger partial charge in [-0.3, -0.25) is 0 Å². The van der Waals surface area contributed by atoms with Crippen molar-refractivity contribution in [2.24, 2.45) is 0 Å². The van der Waals surface area contributed by atoms with E-state index in [4.69, 9.17) is 0 Å². The van der Waals surface area contributed by atoms with Gasteiger partial charge < -0.3 is 0 Å². The van der Waals surface area contributed by atoms with Crippen LogP contribution in [0.3, 0.4) is 0 Å². The van der Waals surface area contributed by atoms with E-state index in [0.717, 1.165) is 0 Å². The summed E-state index contributed by atoms with van der Waals surface area (Å²) in [5, 5.41) is 0. The van der Waals surface area contributed by atoms with Crippen LogP contribution in [0.25, 0.3) is 11.1 Å². The number of hydrogen-bond donors (Lipinski definition) is 0. The zero-order chi connectivity index (χ0) is 20.4. The predicted molar refractivity (Wildman–Crippen MR) is 127 cm³/mol. The molecule has 2 aromatic carbocycles. The first-order valence-electron chi connectivity index (χ1n) is 12.4. The number of rotatable bonds is 14. The highest BCUT2D eigenvalue weighted by Crippen LogP contribution is 2.53. The number of unbranched alkanes of at least 4 members (excludes halogenated alkanes) is 10. The minimum atomic E-state index is 0.197. The Kier molecular flexibility index (Phi) is 8.84. The molecular weight excluding hydrogens is 348 g/mol. The van der Waals surface area contributed by atoms with Crippen LogP contribution in [0.15, 0.2) is 42.5 Å². The third-order valence-electron chi connectivity index (χ3n) is 6.98. The molecule has 0 saturated heterocycles. The van der Waals surface area contributed by atoms with E-state index in [0.29, 0.717) is 0 Å². The molecule has 29 heavy (non-hydrogen) atoms. The SMILES string of the molecule is CCCCCCCCC1(CCCCCCCC)c2[c]cccc2-c2ccccc21. The van der Waals surface area contributed by atoms with Crippen LogP contribution in [0.2, 0.25) is 0 Å². The van der Waals surface area contributed by atoms with E-state index in [1.807, 2.05) is 0 Å². The van der Waals surface area contributed by atoms with Gasteiger partial charge in [-0.1, -0.05) is 133 Å². The molecule has 0 aliphatic heterocycles. The standard InChI is InChI=1S/C29H41/c1-3-5-7-9-11-17-23-29(24-18-12-10-8-6-4-2)27-21-15-13-19-25(27)26-20-14-16-22-28(26)29/h13-16,19-21H,3-12,17-18,23-24H2,1-2H3. The predicted octanol–water partition coefficient (Wildman–Crippen LogP) is 9.25. The average molecular weight is 390 g/mol. The monoisotopic (exact) mass is 389 g/mol. The molecule has 0 amide bonds. The van der Waals surface area contributed by atoms with E-state index in [2.05, 4.69) is 62.4 Å². The third-order valence-corrected chi connectivity index (χ3v) is 6.98. The Labute approximate surface area is 180 Å². The summed E-state index contributed by atoms with van der Waals surface area (Å²) in [5.74, 6) is 0. The smallest absolute Gasteiger partial charge is 0.0221 e. The highest BCUT2D eigenvalue weighted by atomic mass is 14.4. The molecule has 0 N–H and O–H groups in total. The van der Waals surface area contributed by atoms with Crippen molar-refractivity contribution in [3.05, 3.63) is 59.7 Å². The first-order valence-corrected chi connectivity index (χ1v) is 12.4. The fourth-order valence-electron chi connectivity index (χ4n) is 5.39. The highest BCUT2D eigenvalue weighted by molar-refractivity contribution is 5.80. The van der Waals surface area contributed by atoms with Gasteiger partial charge in [0, 0.05) is 5.41 Å². The summed E-state index contributed by atoms with van der Waals surface area (Å²) < 4.78 is 0. The Morgan fingerprint density at radius 2 is 1.17 bits per heavy atom. The summed E-state index contributed by atoms with van der Waals surface area (Å²) in [7, 11) is 0. The highest BCUT2D eigenvalue weighted by Gasteiger charge is 2.41. The van der Waals surface area contributed by atoms with Crippen LogP contribution in [0.1, 0.15) is 115 Å². The second-order valence-electron chi connectivity index (χ2n) is 9.12. The summed E-state index contributed by atoms with van der Waals surface area (Å²) >= 11 is 0. The van der Waals surface area contributed by atoms with Crippen molar-refractivity contribution in [3.8, 4) is 11.1 Å². The fourth-order valence-corrected chi connectivity index (χ4v) is 5.39. The molecule has 1 radical (unpaired) electrons. The van der Waals surface area contributed by atoms with Crippen molar-refractivity contribution in [1.82, 2.24) is 0 Å². The summed E-state index contributed by atoms with van der Waals surface area (Å²) in [6.07, 6.45) is 19.1. The van der Waals surface area contributed by atoms with Gasteiger partial charge in [0.15, 0.2) is 0 Å². The Bertz CT molecular complexity index is 663. The number of hydrogen-bond acceptors (Lipinski definition) is 0. The fraction of sp³-hybridized carbons (Fsp3) is 0.586. The van der Waals surface area contributed by atoms with E-state index in [-0.39, 0.29) is 5.41 Å². The molecule has 2 aromatic rings. The van der Waals surface area contributed by atoms with Gasteiger partial charge in [-0.25, -0.2) is 0 Å². The molecular formula is C29H41. The molecule has 0 aromatic heterocycles. The zero-order valence-electron chi connectivity index (χ0n) is 18.9. The van der Waals surface area contributed by atoms with Gasteiger partial charge in [0.05, 0.1) is 0 Å². The second-order valence-corrected chi connectivity index (χ2v) is 9.12. The molecule has 157 valence electrons. The van der Waals surface area contributed by atoms with Gasteiger partial charge >= 0.3 is 0 Å². The molecule has 0 heterocycles. The summed E-state index contributed by atoms with van der Waals surface area (Å²) in [6.45, 7) is 4.61. The van der Waals surface area contributed by atoms with Crippen molar-refractivity contribution in [2.45, 2.75) is 109 Å². The van der Waals surface area contributed by atoms with E-state index in [1.165, 1.54) is 107 Å². The lowest BCUT2D eigenvalue weighted by Crippen LogP contribution is -2.25. The first-order chi connectivity index (χ1) is 14.3. The average Bonchev–Trinajstić information content (AvgIpc) is 3.04. The zero-order valence-corrected chi connectivity index (χ0v) is 18.9. The van der Waals surface area contributed by atoms with Gasteiger partial charge in [-0.05, 0) is 41.2 Å². The largest absolute Gasteiger partial charge is 0.0654 e. The Morgan fingerprint density at radius 1 is 0.621 bits per heavy atom. The quantitative estimate of drug-likeness (QED) is 0.282. The van der Waals surface area contributed by atoms with Crippen LogP contribution >= 0.6 is 0 Å². The van der Waals surface area contributed by atoms with Crippen LogP contribution in [0.5, 0.6) is 0 Å². The van der Waals surface area contributed by atoms with Gasteiger partial charge in [0.2, 0.25) is 0 Å². The van der Waals surface area contributed by atoms with Crippen LogP contribution in [-0.2, 0) is 5.41 Å². The van der Waals surface area contributed by atoms with Gasteiger partial charge in [-0.2, -0.15) is 0 Å². The lowest BCUT2D eigenvalue weighted by molar-refractivity contribution is 0.397. The molecule has 0 nitrogen and oxygen atoms in total. The Hall–Kier alpha value is -1.56. The van der Waals surface area contributed by atoms with E-state index in [1.54, 1.807) is 5.56 Å². The van der Waals surface area contributed by atoms with Gasteiger partial charge in [0.1, 0.15) is 0 Å². The molecule has 3 rings (SSSR count). The lowest BCUT2D eigenvalue weighted by atomic mass is 9.70. The summed E-state index contributed by atoms with van der Waals surface area (Å²) in [6, 6.07) is 19.6. The molecule has 0 fully saturated rings. The minimum absolute atomic E-state index is 0.197. The maximum Gasteiger partial charge on any atom is 0.0221 e. The molecule has 0 spiro atoms. The first kappa shape index (κ1) is 22.1. The summed E-state index contributed by atoms with van der Waals surface area (Å²) in [4.78, 5) is 0. The van der Waals surface area contributed by atoms with Crippen LogP contribution < -0.4 is 0 Å². The van der Waals surface area contributed by atoms with Gasteiger partial charge in [0.25, 0.3) is 0 Å². The lowest BCUT2D eigenvalue weighted by Gasteiger charge is -2.32. The van der Waals surface area contributed by atoms with Crippen molar-refractivity contribution < 1.29 is 0 Å².